The van der Waals surface area contributed by atoms with Gasteiger partial charge < -0.3 is 40.1 Å². The summed E-state index contributed by atoms with van der Waals surface area (Å²) in [4.78, 5) is 14.4. The average Bonchev–Trinajstić information content (AvgIpc) is 2.99. The van der Waals surface area contributed by atoms with Crippen LogP contribution < -0.4 is 0 Å². The van der Waals surface area contributed by atoms with E-state index in [4.69, 9.17) is 9.47 Å². The zero-order chi connectivity index (χ0) is 32.9. The van der Waals surface area contributed by atoms with Crippen LogP contribution in [-0.2, 0) is 14.3 Å². The smallest absolute Gasteiger partial charge is 0.315 e. The third-order valence-corrected chi connectivity index (χ3v) is 15.4. The molecule has 5 fully saturated rings. The molecule has 0 radical (unpaired) electrons. The minimum Gasteiger partial charge on any atom is -0.432 e. The van der Waals surface area contributed by atoms with Gasteiger partial charge in [-0.1, -0.05) is 53.2 Å². The Morgan fingerprint density at radius 1 is 0.867 bits per heavy atom. The van der Waals surface area contributed by atoms with E-state index < -0.39 is 48.7 Å². The van der Waals surface area contributed by atoms with E-state index in [9.17, 15) is 35.4 Å². The number of carbonyl (C=O) groups excluding carboxylic acids is 1. The summed E-state index contributed by atoms with van der Waals surface area (Å²) in [5.74, 6) is 0.319. The first-order valence-corrected chi connectivity index (χ1v) is 17.5. The van der Waals surface area contributed by atoms with E-state index >= 15 is 0 Å². The van der Waals surface area contributed by atoms with E-state index in [1.54, 1.807) is 0 Å². The van der Waals surface area contributed by atoms with Crippen molar-refractivity contribution in [1.29, 1.82) is 0 Å². The van der Waals surface area contributed by atoms with Crippen molar-refractivity contribution in [2.45, 2.75) is 136 Å². The molecule has 0 aromatic heterocycles. The van der Waals surface area contributed by atoms with Crippen LogP contribution in [0.1, 0.15) is 99.3 Å². The number of hydrogen-bond donors (Lipinski definition) is 6. The number of ether oxygens (including phenoxy) is 2. The molecule has 9 heteroatoms. The number of allylic oxidation sites excluding steroid dienone is 2. The maximum Gasteiger partial charge on any atom is 0.315 e. The van der Waals surface area contributed by atoms with Gasteiger partial charge in [0, 0.05) is 6.61 Å². The molecule has 1 heterocycles. The SMILES string of the molecule is CC1C(CO)CCC2(C(=O)OC3OC(CO)C(O)C(O)C3O)CCC3(C)C(=CCC4C5(C)CCC(O)C(C)(C)C5CCC43C)C12. The summed E-state index contributed by atoms with van der Waals surface area (Å²) in [6.45, 7) is 13.5. The molecule has 0 aromatic carbocycles. The molecule has 15 unspecified atom stereocenters. The topological polar surface area (TPSA) is 157 Å². The molecule has 256 valence electrons. The van der Waals surface area contributed by atoms with Crippen molar-refractivity contribution >= 4 is 5.97 Å². The Hall–Kier alpha value is -1.07. The standard InChI is InChI=1S/C36H58O9/c1-19-20(17-37)9-14-36(31(43)45-30-29(42)28(41)27(40)22(18-38)44-30)16-15-34(5)21(26(19)36)7-8-24-33(4)12-11-25(39)32(2,3)23(33)10-13-35(24,34)6/h7,19-20,22-30,37-42H,8-18H2,1-6H3. The fourth-order valence-corrected chi connectivity index (χ4v) is 12.4. The lowest BCUT2D eigenvalue weighted by Gasteiger charge is -2.71. The van der Waals surface area contributed by atoms with Crippen LogP contribution in [0.15, 0.2) is 11.6 Å². The van der Waals surface area contributed by atoms with Crippen molar-refractivity contribution in [2.75, 3.05) is 13.2 Å². The van der Waals surface area contributed by atoms with Gasteiger partial charge in [0.25, 0.3) is 0 Å². The zero-order valence-electron chi connectivity index (χ0n) is 28.1. The van der Waals surface area contributed by atoms with Crippen molar-refractivity contribution in [3.05, 3.63) is 11.6 Å². The number of fused-ring (bicyclic) bond motifs is 7. The summed E-state index contributed by atoms with van der Waals surface area (Å²) < 4.78 is 11.5. The maximum absolute atomic E-state index is 14.4. The third kappa shape index (κ3) is 4.54. The Morgan fingerprint density at radius 3 is 2.24 bits per heavy atom. The van der Waals surface area contributed by atoms with Gasteiger partial charge in [0.05, 0.1) is 18.1 Å². The first-order valence-electron chi connectivity index (χ1n) is 17.5. The number of carbonyl (C=O) groups is 1. The van der Waals surface area contributed by atoms with Crippen LogP contribution in [0.4, 0.5) is 0 Å². The van der Waals surface area contributed by atoms with Gasteiger partial charge in [0.15, 0.2) is 0 Å². The Kier molecular flexibility index (Phi) is 8.45. The largest absolute Gasteiger partial charge is 0.432 e. The molecule has 1 saturated heterocycles. The molecule has 6 N–H and O–H groups in total. The monoisotopic (exact) mass is 634 g/mol. The molecule has 15 atom stereocenters. The molecule has 0 bridgehead atoms. The summed E-state index contributed by atoms with van der Waals surface area (Å²) in [7, 11) is 0. The summed E-state index contributed by atoms with van der Waals surface area (Å²) in [5, 5.41) is 62.5. The molecule has 1 aliphatic heterocycles. The predicted octanol–water partition coefficient (Wildman–Crippen LogP) is 3.32. The number of aliphatic hydroxyl groups excluding tert-OH is 6. The van der Waals surface area contributed by atoms with E-state index in [2.05, 4.69) is 47.6 Å². The van der Waals surface area contributed by atoms with E-state index in [1.165, 1.54) is 5.57 Å². The second kappa shape index (κ2) is 11.2. The molecule has 6 rings (SSSR count). The van der Waals surface area contributed by atoms with Crippen LogP contribution in [-0.4, -0.2) is 86.6 Å². The molecule has 6 aliphatic rings. The van der Waals surface area contributed by atoms with E-state index in [0.29, 0.717) is 31.1 Å². The third-order valence-electron chi connectivity index (χ3n) is 15.4. The van der Waals surface area contributed by atoms with Crippen molar-refractivity contribution in [1.82, 2.24) is 0 Å². The van der Waals surface area contributed by atoms with Gasteiger partial charge in [-0.3, -0.25) is 4.79 Å². The lowest BCUT2D eigenvalue weighted by Crippen LogP contribution is -2.66. The summed E-state index contributed by atoms with van der Waals surface area (Å²) >= 11 is 0. The van der Waals surface area contributed by atoms with Crippen LogP contribution in [0.2, 0.25) is 0 Å². The predicted molar refractivity (Wildman–Crippen MR) is 166 cm³/mol. The van der Waals surface area contributed by atoms with Crippen LogP contribution in [0.3, 0.4) is 0 Å². The van der Waals surface area contributed by atoms with Gasteiger partial charge in [-0.25, -0.2) is 0 Å². The van der Waals surface area contributed by atoms with Gasteiger partial charge in [0.1, 0.15) is 24.4 Å². The highest BCUT2D eigenvalue weighted by Crippen LogP contribution is 2.75. The fraction of sp³-hybridized carbons (Fsp3) is 0.917. The van der Waals surface area contributed by atoms with Crippen LogP contribution in [0, 0.1) is 56.7 Å². The summed E-state index contributed by atoms with van der Waals surface area (Å²) in [6.07, 6.45) is 2.23. The highest BCUT2D eigenvalue weighted by Gasteiger charge is 2.70. The van der Waals surface area contributed by atoms with E-state index in [0.717, 1.165) is 38.5 Å². The van der Waals surface area contributed by atoms with Crippen molar-refractivity contribution < 1.29 is 44.9 Å². The van der Waals surface area contributed by atoms with Crippen LogP contribution in [0.25, 0.3) is 0 Å². The molecule has 9 nitrogen and oxygen atoms in total. The van der Waals surface area contributed by atoms with Gasteiger partial charge in [-0.15, -0.1) is 0 Å². The normalized spacial score (nSPS) is 54.0. The summed E-state index contributed by atoms with van der Waals surface area (Å²) in [5.41, 5.74) is 0.231. The van der Waals surface area contributed by atoms with Crippen molar-refractivity contribution in [2.24, 2.45) is 56.7 Å². The minimum atomic E-state index is -1.65. The molecule has 0 amide bonds. The Morgan fingerprint density at radius 2 is 1.58 bits per heavy atom. The second-order valence-electron chi connectivity index (χ2n) is 17.2. The molecule has 45 heavy (non-hydrogen) atoms. The highest BCUT2D eigenvalue weighted by atomic mass is 16.7. The number of esters is 1. The summed E-state index contributed by atoms with van der Waals surface area (Å²) in [6, 6.07) is 0. The minimum absolute atomic E-state index is 0.0000799. The molecule has 0 aromatic rings. The lowest BCUT2D eigenvalue weighted by molar-refractivity contribution is -0.297. The van der Waals surface area contributed by atoms with Gasteiger partial charge in [-0.2, -0.15) is 0 Å². The Bertz CT molecular complexity index is 1190. The van der Waals surface area contributed by atoms with Crippen molar-refractivity contribution in [3.8, 4) is 0 Å². The second-order valence-corrected chi connectivity index (χ2v) is 17.2. The van der Waals surface area contributed by atoms with Crippen LogP contribution in [0.5, 0.6) is 0 Å². The van der Waals surface area contributed by atoms with Gasteiger partial charge in [0.2, 0.25) is 6.29 Å². The maximum atomic E-state index is 14.4. The van der Waals surface area contributed by atoms with Crippen LogP contribution >= 0.6 is 0 Å². The molecule has 0 spiro atoms. The first kappa shape index (κ1) is 33.8. The Labute approximate surface area is 268 Å². The van der Waals surface area contributed by atoms with Gasteiger partial charge >= 0.3 is 5.97 Å². The van der Waals surface area contributed by atoms with Gasteiger partial charge in [-0.05, 0) is 109 Å². The molecule has 4 saturated carbocycles. The highest BCUT2D eigenvalue weighted by molar-refractivity contribution is 5.79. The molecule has 5 aliphatic carbocycles. The van der Waals surface area contributed by atoms with E-state index in [-0.39, 0.29) is 52.1 Å². The number of aliphatic hydroxyl groups is 6. The molecular weight excluding hydrogens is 576 g/mol. The number of rotatable bonds is 4. The number of hydrogen-bond acceptors (Lipinski definition) is 9. The lowest BCUT2D eigenvalue weighted by atomic mass is 9.33. The first-order chi connectivity index (χ1) is 21.0. The van der Waals surface area contributed by atoms with E-state index in [1.807, 2.05) is 0 Å². The van der Waals surface area contributed by atoms with Crippen molar-refractivity contribution in [3.63, 3.8) is 0 Å². The molecular formula is C36H58O9. The quantitative estimate of drug-likeness (QED) is 0.202. The Balaban J connectivity index is 1.37. The zero-order valence-corrected chi connectivity index (χ0v) is 28.1. The average molecular weight is 635 g/mol. The fourth-order valence-electron chi connectivity index (χ4n) is 12.4.